The minimum Gasteiger partial charge on any atom is -0.490 e. The van der Waals surface area contributed by atoms with Gasteiger partial charge in [0.25, 0.3) is 0 Å². The number of ether oxygens (including phenoxy) is 2. The highest BCUT2D eigenvalue weighted by atomic mass is 35.5. The predicted molar refractivity (Wildman–Crippen MR) is 98.4 cm³/mol. The average molecular weight is 381 g/mol. The van der Waals surface area contributed by atoms with Crippen molar-refractivity contribution in [2.24, 2.45) is 0 Å². The molecule has 0 radical (unpaired) electrons. The molecule has 1 aromatic rings. The molecule has 1 aliphatic heterocycles. The van der Waals surface area contributed by atoms with Gasteiger partial charge in [0, 0.05) is 43.3 Å². The SMILES string of the molecule is COCCOc1ccc(NC(=O)CC2CSCCN2)cc1Cl.Cl. The van der Waals surface area contributed by atoms with Crippen molar-refractivity contribution in [3.8, 4) is 5.75 Å². The third-order valence-electron chi connectivity index (χ3n) is 3.19. The number of hydrogen-bond donors (Lipinski definition) is 2. The van der Waals surface area contributed by atoms with Gasteiger partial charge in [0.15, 0.2) is 0 Å². The standard InChI is InChI=1S/C15H21ClN2O3S.ClH/c1-20-5-6-21-14-3-2-11(8-13(14)16)18-15(19)9-12-10-22-7-4-17-12;/h2-3,8,12,17H,4-7,9-10H2,1H3,(H,18,19);1H. The number of hydrogen-bond acceptors (Lipinski definition) is 5. The molecule has 23 heavy (non-hydrogen) atoms. The fraction of sp³-hybridized carbons (Fsp3) is 0.533. The number of benzene rings is 1. The molecule has 1 saturated heterocycles. The topological polar surface area (TPSA) is 59.6 Å². The van der Waals surface area contributed by atoms with E-state index in [0.29, 0.717) is 36.1 Å². The Balaban J connectivity index is 0.00000264. The van der Waals surface area contributed by atoms with Crippen molar-refractivity contribution >= 4 is 47.4 Å². The largest absolute Gasteiger partial charge is 0.490 e. The molecule has 0 bridgehead atoms. The van der Waals surface area contributed by atoms with Crippen LogP contribution in [0.15, 0.2) is 18.2 Å². The Labute approximate surface area is 152 Å². The van der Waals surface area contributed by atoms with Gasteiger partial charge in [-0.15, -0.1) is 12.4 Å². The number of methoxy groups -OCH3 is 1. The summed E-state index contributed by atoms with van der Waals surface area (Å²) < 4.78 is 10.4. The first-order valence-electron chi connectivity index (χ1n) is 7.21. The first-order valence-corrected chi connectivity index (χ1v) is 8.74. The number of rotatable bonds is 7. The van der Waals surface area contributed by atoms with Crippen LogP contribution in [0.5, 0.6) is 5.75 Å². The van der Waals surface area contributed by atoms with Gasteiger partial charge in [-0.3, -0.25) is 4.79 Å². The molecule has 1 atom stereocenters. The summed E-state index contributed by atoms with van der Waals surface area (Å²) in [6, 6.07) is 5.48. The summed E-state index contributed by atoms with van der Waals surface area (Å²) in [4.78, 5) is 12.0. The highest BCUT2D eigenvalue weighted by Crippen LogP contribution is 2.27. The molecule has 0 spiro atoms. The summed E-state index contributed by atoms with van der Waals surface area (Å²) in [5, 5.41) is 6.69. The van der Waals surface area contributed by atoms with E-state index in [1.165, 1.54) is 0 Å². The molecule has 2 N–H and O–H groups in total. The first kappa shape index (κ1) is 20.4. The second kappa shape index (κ2) is 11.0. The van der Waals surface area contributed by atoms with E-state index in [2.05, 4.69) is 10.6 Å². The molecule has 8 heteroatoms. The van der Waals surface area contributed by atoms with Crippen molar-refractivity contribution in [3.63, 3.8) is 0 Å². The Morgan fingerprint density at radius 2 is 2.30 bits per heavy atom. The van der Waals surface area contributed by atoms with Gasteiger partial charge >= 0.3 is 0 Å². The summed E-state index contributed by atoms with van der Waals surface area (Å²) in [6.07, 6.45) is 0.469. The number of amides is 1. The van der Waals surface area contributed by atoms with Crippen molar-refractivity contribution in [2.75, 3.05) is 43.7 Å². The van der Waals surface area contributed by atoms with Crippen LogP contribution in [0.3, 0.4) is 0 Å². The van der Waals surface area contributed by atoms with Crippen molar-refractivity contribution in [2.45, 2.75) is 12.5 Å². The molecule has 1 fully saturated rings. The molecule has 1 aliphatic rings. The molecule has 1 unspecified atom stereocenters. The average Bonchev–Trinajstić information content (AvgIpc) is 2.50. The molecule has 1 aromatic carbocycles. The van der Waals surface area contributed by atoms with Gasteiger partial charge in [0.05, 0.1) is 11.6 Å². The predicted octanol–water partition coefficient (Wildman–Crippen LogP) is 2.82. The lowest BCUT2D eigenvalue weighted by atomic mass is 10.2. The zero-order chi connectivity index (χ0) is 15.8. The first-order chi connectivity index (χ1) is 10.7. The van der Waals surface area contributed by atoms with Crippen molar-refractivity contribution in [1.82, 2.24) is 5.32 Å². The highest BCUT2D eigenvalue weighted by molar-refractivity contribution is 7.99. The van der Waals surface area contributed by atoms with Crippen molar-refractivity contribution in [3.05, 3.63) is 23.2 Å². The van der Waals surface area contributed by atoms with E-state index in [0.717, 1.165) is 18.1 Å². The summed E-state index contributed by atoms with van der Waals surface area (Å²) in [5.74, 6) is 2.66. The van der Waals surface area contributed by atoms with Gasteiger partial charge in [-0.25, -0.2) is 0 Å². The van der Waals surface area contributed by atoms with Gasteiger partial charge in [-0.1, -0.05) is 11.6 Å². The quantitative estimate of drug-likeness (QED) is 0.712. The van der Waals surface area contributed by atoms with Crippen LogP contribution in [-0.4, -0.2) is 50.3 Å². The van der Waals surface area contributed by atoms with Crippen LogP contribution >= 0.6 is 35.8 Å². The van der Waals surface area contributed by atoms with E-state index in [9.17, 15) is 4.79 Å². The number of thioether (sulfide) groups is 1. The van der Waals surface area contributed by atoms with Gasteiger partial charge in [0.1, 0.15) is 12.4 Å². The number of halogens is 2. The highest BCUT2D eigenvalue weighted by Gasteiger charge is 2.17. The second-order valence-electron chi connectivity index (χ2n) is 4.96. The van der Waals surface area contributed by atoms with E-state index >= 15 is 0 Å². The lowest BCUT2D eigenvalue weighted by Gasteiger charge is -2.22. The fourth-order valence-corrected chi connectivity index (χ4v) is 3.30. The molecule has 2 rings (SSSR count). The van der Waals surface area contributed by atoms with E-state index in [1.54, 1.807) is 25.3 Å². The Bertz CT molecular complexity index is 500. The zero-order valence-electron chi connectivity index (χ0n) is 13.0. The maximum atomic E-state index is 12.0. The Morgan fingerprint density at radius 3 is 2.96 bits per heavy atom. The van der Waals surface area contributed by atoms with Crippen molar-refractivity contribution < 1.29 is 14.3 Å². The maximum absolute atomic E-state index is 12.0. The van der Waals surface area contributed by atoms with Gasteiger partial charge in [0.2, 0.25) is 5.91 Å². The number of carbonyl (C=O) groups excluding carboxylic acids is 1. The van der Waals surface area contributed by atoms with Gasteiger partial charge in [-0.2, -0.15) is 11.8 Å². The summed E-state index contributed by atoms with van der Waals surface area (Å²) in [7, 11) is 1.61. The number of carbonyl (C=O) groups is 1. The van der Waals surface area contributed by atoms with Crippen LogP contribution in [-0.2, 0) is 9.53 Å². The van der Waals surface area contributed by atoms with Crippen molar-refractivity contribution in [1.29, 1.82) is 0 Å². The Kier molecular flexibility index (Phi) is 9.74. The molecular weight excluding hydrogens is 359 g/mol. The van der Waals surface area contributed by atoms with Crippen LogP contribution in [0.25, 0.3) is 0 Å². The van der Waals surface area contributed by atoms with E-state index in [1.807, 2.05) is 11.8 Å². The van der Waals surface area contributed by atoms with Crippen LogP contribution in [0.4, 0.5) is 5.69 Å². The number of anilines is 1. The van der Waals surface area contributed by atoms with Crippen LogP contribution in [0.1, 0.15) is 6.42 Å². The maximum Gasteiger partial charge on any atom is 0.225 e. The minimum atomic E-state index is -0.0101. The monoisotopic (exact) mass is 380 g/mol. The molecule has 0 aromatic heterocycles. The molecular formula is C15H22Cl2N2O3S. The van der Waals surface area contributed by atoms with E-state index < -0.39 is 0 Å². The fourth-order valence-electron chi connectivity index (χ4n) is 2.12. The Morgan fingerprint density at radius 1 is 1.48 bits per heavy atom. The lowest BCUT2D eigenvalue weighted by molar-refractivity contribution is -0.116. The molecule has 0 aliphatic carbocycles. The third kappa shape index (κ3) is 7.18. The molecule has 5 nitrogen and oxygen atoms in total. The summed E-state index contributed by atoms with van der Waals surface area (Å²) in [6.45, 7) is 1.90. The van der Waals surface area contributed by atoms with Gasteiger partial charge in [-0.05, 0) is 18.2 Å². The normalized spacial score (nSPS) is 17.2. The number of nitrogens with one attached hydrogen (secondary N) is 2. The molecule has 130 valence electrons. The van der Waals surface area contributed by atoms with Crippen LogP contribution in [0.2, 0.25) is 5.02 Å². The molecule has 1 heterocycles. The smallest absolute Gasteiger partial charge is 0.225 e. The summed E-state index contributed by atoms with van der Waals surface area (Å²) >= 11 is 8.03. The van der Waals surface area contributed by atoms with E-state index in [-0.39, 0.29) is 24.4 Å². The molecule has 0 saturated carbocycles. The van der Waals surface area contributed by atoms with E-state index in [4.69, 9.17) is 21.1 Å². The van der Waals surface area contributed by atoms with Crippen LogP contribution < -0.4 is 15.4 Å². The Hall–Kier alpha value is -0.660. The zero-order valence-corrected chi connectivity index (χ0v) is 15.4. The van der Waals surface area contributed by atoms with Gasteiger partial charge < -0.3 is 20.1 Å². The second-order valence-corrected chi connectivity index (χ2v) is 6.52. The third-order valence-corrected chi connectivity index (χ3v) is 4.62. The summed E-state index contributed by atoms with van der Waals surface area (Å²) in [5.41, 5.74) is 0.678. The van der Waals surface area contributed by atoms with Crippen LogP contribution in [0, 0.1) is 0 Å². The minimum absolute atomic E-state index is 0. The molecule has 1 amide bonds. The lowest BCUT2D eigenvalue weighted by Crippen LogP contribution is -2.39.